The average molecular weight is 731 g/mol. The number of rotatable bonds is 21. The zero-order chi connectivity index (χ0) is 39.2. The van der Waals surface area contributed by atoms with Crippen LogP contribution >= 0.6 is 0 Å². The van der Waals surface area contributed by atoms with Crippen molar-refractivity contribution in [3.8, 4) is 0 Å². The number of benzene rings is 4. The van der Waals surface area contributed by atoms with Crippen molar-refractivity contribution in [2.75, 3.05) is 39.3 Å². The lowest BCUT2D eigenvalue weighted by Gasteiger charge is -2.51. The van der Waals surface area contributed by atoms with Crippen LogP contribution in [0, 0.1) is 10.8 Å². The van der Waals surface area contributed by atoms with Crippen LogP contribution in [0.25, 0.3) is 0 Å². The summed E-state index contributed by atoms with van der Waals surface area (Å²) in [4.78, 5) is 10.9. The smallest absolute Gasteiger partial charge is 0.0239 e. The van der Waals surface area contributed by atoms with Gasteiger partial charge in [-0.05, 0) is 93.6 Å². The van der Waals surface area contributed by atoms with Gasteiger partial charge in [0.25, 0.3) is 0 Å². The summed E-state index contributed by atoms with van der Waals surface area (Å²) >= 11 is 0. The highest BCUT2D eigenvalue weighted by Gasteiger charge is 2.42. The van der Waals surface area contributed by atoms with E-state index in [1.165, 1.54) is 28.7 Å². The first-order chi connectivity index (χ1) is 25.5. The van der Waals surface area contributed by atoms with Crippen LogP contribution in [-0.2, 0) is 26.2 Å². The molecule has 0 radical (unpaired) electrons. The van der Waals surface area contributed by atoms with E-state index in [9.17, 15) is 0 Å². The maximum Gasteiger partial charge on any atom is 0.0239 e. The monoisotopic (exact) mass is 731 g/mol. The van der Waals surface area contributed by atoms with Crippen molar-refractivity contribution in [1.29, 1.82) is 0 Å². The molecule has 4 rings (SSSR count). The van der Waals surface area contributed by atoms with Crippen LogP contribution < -0.4 is 0 Å². The lowest BCUT2D eigenvalue weighted by atomic mass is 9.70. The van der Waals surface area contributed by atoms with Gasteiger partial charge in [-0.1, -0.05) is 156 Å². The summed E-state index contributed by atoms with van der Waals surface area (Å²) < 4.78 is 0. The standard InChI is InChI=1S/C50H74N4/c1-47(2,3)31-34-54(42-46-29-21-14-22-30-46)50(9,10)49(7,8)32-33-51(37-38-53(48(4,5)6)41-45-27-19-13-20-28-45)35-36-52(39-43-23-15-11-16-24-43)40-44-25-17-12-18-26-44/h11-30H,31-42H2,1-10H3. The molecule has 0 heterocycles. The molecule has 0 unspecified atom stereocenters. The third-order valence-corrected chi connectivity index (χ3v) is 11.9. The minimum Gasteiger partial charge on any atom is -0.301 e. The molecule has 0 spiro atoms. The topological polar surface area (TPSA) is 13.0 Å². The summed E-state index contributed by atoms with van der Waals surface area (Å²) in [6, 6.07) is 44.1. The fourth-order valence-electron chi connectivity index (χ4n) is 7.24. The van der Waals surface area contributed by atoms with E-state index in [4.69, 9.17) is 0 Å². The molecule has 0 atom stereocenters. The molecule has 0 saturated carbocycles. The molecule has 0 N–H and O–H groups in total. The van der Waals surface area contributed by atoms with Crippen LogP contribution in [0.4, 0.5) is 0 Å². The number of hydrogen-bond donors (Lipinski definition) is 0. The molecule has 54 heavy (non-hydrogen) atoms. The SMILES string of the molecule is CC(C)(C)CCN(Cc1ccccc1)C(C)(C)C(C)(C)CCN(CCN(Cc1ccccc1)Cc1ccccc1)CCN(Cc1ccccc1)C(C)(C)C. The summed E-state index contributed by atoms with van der Waals surface area (Å²) in [5.41, 5.74) is 5.96. The minimum absolute atomic E-state index is 0.00281. The van der Waals surface area contributed by atoms with Crippen LogP contribution in [0.3, 0.4) is 0 Å². The van der Waals surface area contributed by atoms with Gasteiger partial charge in [0.1, 0.15) is 0 Å². The largest absolute Gasteiger partial charge is 0.301 e. The van der Waals surface area contributed by atoms with Crippen molar-refractivity contribution < 1.29 is 0 Å². The van der Waals surface area contributed by atoms with E-state index in [0.29, 0.717) is 0 Å². The number of nitrogens with zero attached hydrogens (tertiary/aromatic N) is 4. The van der Waals surface area contributed by atoms with Crippen molar-refractivity contribution in [1.82, 2.24) is 19.6 Å². The number of hydrogen-bond acceptors (Lipinski definition) is 4. The lowest BCUT2D eigenvalue weighted by molar-refractivity contribution is -0.0129. The molecule has 0 aliphatic rings. The summed E-state index contributed by atoms with van der Waals surface area (Å²) in [7, 11) is 0. The molecule has 294 valence electrons. The molecule has 0 amide bonds. The molecule has 0 aliphatic carbocycles. The second-order valence-corrected chi connectivity index (χ2v) is 19.0. The van der Waals surface area contributed by atoms with E-state index in [1.54, 1.807) is 0 Å². The van der Waals surface area contributed by atoms with E-state index < -0.39 is 0 Å². The Bertz CT molecular complexity index is 1550. The second kappa shape index (κ2) is 20.1. The van der Waals surface area contributed by atoms with Gasteiger partial charge in [0, 0.05) is 63.4 Å². The molecule has 4 heteroatoms. The Morgan fingerprint density at radius 1 is 0.352 bits per heavy atom. The summed E-state index contributed by atoms with van der Waals surface area (Å²) in [5, 5.41) is 0. The zero-order valence-corrected chi connectivity index (χ0v) is 35.8. The lowest BCUT2D eigenvalue weighted by Crippen LogP contribution is -2.55. The van der Waals surface area contributed by atoms with Gasteiger partial charge in [-0.2, -0.15) is 0 Å². The average Bonchev–Trinajstić information content (AvgIpc) is 3.13. The van der Waals surface area contributed by atoms with E-state index in [0.717, 1.165) is 71.9 Å². The second-order valence-electron chi connectivity index (χ2n) is 19.0. The zero-order valence-electron chi connectivity index (χ0n) is 35.8. The van der Waals surface area contributed by atoms with Gasteiger partial charge in [0.15, 0.2) is 0 Å². The van der Waals surface area contributed by atoms with E-state index in [1.807, 2.05) is 0 Å². The van der Waals surface area contributed by atoms with Crippen molar-refractivity contribution in [3.05, 3.63) is 144 Å². The third kappa shape index (κ3) is 14.4. The van der Waals surface area contributed by atoms with Gasteiger partial charge in [-0.15, -0.1) is 0 Å². The van der Waals surface area contributed by atoms with E-state index >= 15 is 0 Å². The molecule has 0 saturated heterocycles. The highest BCUT2D eigenvalue weighted by Crippen LogP contribution is 2.40. The quantitative estimate of drug-likeness (QED) is 0.0846. The normalized spacial score (nSPS) is 13.1. The summed E-state index contributed by atoms with van der Waals surface area (Å²) in [6.07, 6.45) is 2.31. The highest BCUT2D eigenvalue weighted by molar-refractivity contribution is 5.18. The molecule has 0 fully saturated rings. The molecule has 4 aromatic rings. The molecular weight excluding hydrogens is 657 g/mol. The first kappa shape index (κ1) is 43.4. The summed E-state index contributed by atoms with van der Waals surface area (Å²) in [5.74, 6) is 0. The summed E-state index contributed by atoms with van der Waals surface area (Å²) in [6.45, 7) is 34.4. The van der Waals surface area contributed by atoms with Crippen LogP contribution in [0.2, 0.25) is 0 Å². The van der Waals surface area contributed by atoms with Gasteiger partial charge in [0.2, 0.25) is 0 Å². The molecular formula is C50H74N4. The third-order valence-electron chi connectivity index (χ3n) is 11.9. The first-order valence-corrected chi connectivity index (χ1v) is 20.6. The molecule has 0 bridgehead atoms. The van der Waals surface area contributed by atoms with Gasteiger partial charge < -0.3 is 4.90 Å². The van der Waals surface area contributed by atoms with Crippen LogP contribution in [0.5, 0.6) is 0 Å². The Morgan fingerprint density at radius 2 is 0.722 bits per heavy atom. The molecule has 4 aromatic carbocycles. The molecule has 4 nitrogen and oxygen atoms in total. The van der Waals surface area contributed by atoms with Crippen LogP contribution in [-0.4, -0.2) is 69.9 Å². The van der Waals surface area contributed by atoms with Crippen molar-refractivity contribution >= 4 is 0 Å². The minimum atomic E-state index is -0.00281. The van der Waals surface area contributed by atoms with Gasteiger partial charge in [0.05, 0.1) is 0 Å². The Morgan fingerprint density at radius 3 is 1.13 bits per heavy atom. The first-order valence-electron chi connectivity index (χ1n) is 20.6. The predicted octanol–water partition coefficient (Wildman–Crippen LogP) is 11.4. The Balaban J connectivity index is 1.56. The van der Waals surface area contributed by atoms with Crippen LogP contribution in [0.1, 0.15) is 104 Å². The maximum atomic E-state index is 2.78. The predicted molar refractivity (Wildman–Crippen MR) is 233 cm³/mol. The fraction of sp³-hybridized carbons (Fsp3) is 0.520. The highest BCUT2D eigenvalue weighted by atomic mass is 15.2. The van der Waals surface area contributed by atoms with E-state index in [2.05, 4.69) is 210 Å². The van der Waals surface area contributed by atoms with Crippen molar-refractivity contribution in [2.45, 2.75) is 119 Å². The van der Waals surface area contributed by atoms with Crippen LogP contribution in [0.15, 0.2) is 121 Å². The fourth-order valence-corrected chi connectivity index (χ4v) is 7.24. The molecule has 0 aromatic heterocycles. The Labute approximate surface area is 331 Å². The Kier molecular flexibility index (Phi) is 16.1. The van der Waals surface area contributed by atoms with Gasteiger partial charge in [-0.3, -0.25) is 14.7 Å². The van der Waals surface area contributed by atoms with Crippen molar-refractivity contribution in [3.63, 3.8) is 0 Å². The van der Waals surface area contributed by atoms with Gasteiger partial charge in [-0.25, -0.2) is 0 Å². The van der Waals surface area contributed by atoms with E-state index in [-0.39, 0.29) is 21.9 Å². The van der Waals surface area contributed by atoms with Crippen molar-refractivity contribution in [2.24, 2.45) is 10.8 Å². The van der Waals surface area contributed by atoms with Gasteiger partial charge >= 0.3 is 0 Å². The maximum absolute atomic E-state index is 2.78. The Hall–Kier alpha value is -3.28. The molecule has 0 aliphatic heterocycles.